The van der Waals surface area contributed by atoms with E-state index in [1.54, 1.807) is 24.3 Å². The summed E-state index contributed by atoms with van der Waals surface area (Å²) < 4.78 is 13.2. The third kappa shape index (κ3) is 5.67. The number of nitrogens with one attached hydrogen (secondary N) is 3. The highest BCUT2D eigenvalue weighted by Crippen LogP contribution is 2.12. The van der Waals surface area contributed by atoms with Crippen LogP contribution < -0.4 is 15.5 Å². The maximum absolute atomic E-state index is 13.2. The molecule has 0 spiro atoms. The first-order valence-corrected chi connectivity index (χ1v) is 8.82. The van der Waals surface area contributed by atoms with Gasteiger partial charge in [0.25, 0.3) is 11.8 Å². The number of hydrogen-bond donors (Lipinski definition) is 3. The molecule has 0 atom stereocenters. The summed E-state index contributed by atoms with van der Waals surface area (Å²) in [7, 11) is 0. The van der Waals surface area contributed by atoms with Crippen molar-refractivity contribution in [2.75, 3.05) is 31.5 Å². The molecule has 2 rings (SSSR count). The van der Waals surface area contributed by atoms with Gasteiger partial charge in [0, 0.05) is 16.8 Å². The van der Waals surface area contributed by atoms with Crippen LogP contribution in [0.2, 0.25) is 0 Å². The Labute approximate surface area is 153 Å². The Kier molecular flexibility index (Phi) is 7.29. The average Bonchev–Trinajstić information content (AvgIpc) is 2.65. The smallest absolute Gasteiger partial charge is 0.255 e. The van der Waals surface area contributed by atoms with Gasteiger partial charge < -0.3 is 15.5 Å². The van der Waals surface area contributed by atoms with Crippen molar-refractivity contribution in [2.24, 2.45) is 0 Å². The summed E-state index contributed by atoms with van der Waals surface area (Å²) in [6, 6.07) is 12.1. The summed E-state index contributed by atoms with van der Waals surface area (Å²) in [4.78, 5) is 25.7. The van der Waals surface area contributed by atoms with Gasteiger partial charge in [-0.3, -0.25) is 9.59 Å². The van der Waals surface area contributed by atoms with Crippen molar-refractivity contribution in [3.8, 4) is 0 Å². The van der Waals surface area contributed by atoms with Crippen LogP contribution in [0.25, 0.3) is 0 Å². The minimum Gasteiger partial charge on any atom is -0.346 e. The molecule has 2 aromatic rings. The largest absolute Gasteiger partial charge is 0.346 e. The molecule has 0 fully saturated rings. The van der Waals surface area contributed by atoms with Crippen LogP contribution in [0, 0.1) is 5.82 Å². The van der Waals surface area contributed by atoms with E-state index in [2.05, 4.69) is 24.5 Å². The lowest BCUT2D eigenvalue weighted by Gasteiger charge is -2.15. The number of benzene rings is 2. The van der Waals surface area contributed by atoms with Crippen molar-refractivity contribution >= 4 is 17.5 Å². The standard InChI is InChI=1S/C20H24FN3O2/c1-3-24(4-2)13-12-22-19(25)15-8-10-18(11-9-15)23-20(26)16-6-5-7-17(21)14-16/h5-11,14H,3-4,12-13H2,1-2H3,(H,22,25)(H,23,26)/p+1. The molecule has 0 aliphatic heterocycles. The number of carbonyl (C=O) groups excluding carboxylic acids is 2. The van der Waals surface area contributed by atoms with Crippen molar-refractivity contribution in [1.29, 1.82) is 0 Å². The van der Waals surface area contributed by atoms with Gasteiger partial charge in [-0.05, 0) is 56.3 Å². The average molecular weight is 358 g/mol. The molecule has 0 aliphatic carbocycles. The maximum atomic E-state index is 13.2. The molecule has 2 amide bonds. The highest BCUT2D eigenvalue weighted by molar-refractivity contribution is 6.04. The number of rotatable bonds is 8. The fourth-order valence-electron chi connectivity index (χ4n) is 2.60. The summed E-state index contributed by atoms with van der Waals surface area (Å²) in [6.45, 7) is 7.82. The molecule has 0 heterocycles. The predicted octanol–water partition coefficient (Wildman–Crippen LogP) is 1.73. The van der Waals surface area contributed by atoms with Crippen LogP contribution in [-0.4, -0.2) is 38.0 Å². The van der Waals surface area contributed by atoms with Crippen LogP contribution in [0.1, 0.15) is 34.6 Å². The van der Waals surface area contributed by atoms with Crippen molar-refractivity contribution < 1.29 is 18.9 Å². The molecule has 3 N–H and O–H groups in total. The molecule has 0 unspecified atom stereocenters. The van der Waals surface area contributed by atoms with Crippen molar-refractivity contribution in [1.82, 2.24) is 5.32 Å². The van der Waals surface area contributed by atoms with E-state index in [0.29, 0.717) is 17.8 Å². The number of quaternary nitrogens is 1. The van der Waals surface area contributed by atoms with Crippen molar-refractivity contribution in [3.63, 3.8) is 0 Å². The number of anilines is 1. The summed E-state index contributed by atoms with van der Waals surface area (Å²) in [6.07, 6.45) is 0. The third-order valence-corrected chi connectivity index (χ3v) is 4.26. The summed E-state index contributed by atoms with van der Waals surface area (Å²) in [5.74, 6) is -1.00. The van der Waals surface area contributed by atoms with Gasteiger partial charge in [-0.15, -0.1) is 0 Å². The fraction of sp³-hybridized carbons (Fsp3) is 0.300. The molecule has 0 saturated heterocycles. The first-order valence-electron chi connectivity index (χ1n) is 8.82. The zero-order valence-electron chi connectivity index (χ0n) is 15.1. The highest BCUT2D eigenvalue weighted by Gasteiger charge is 2.09. The van der Waals surface area contributed by atoms with E-state index in [9.17, 15) is 14.0 Å². The first-order chi connectivity index (χ1) is 12.5. The maximum Gasteiger partial charge on any atom is 0.255 e. The second kappa shape index (κ2) is 9.68. The molecule has 0 bridgehead atoms. The lowest BCUT2D eigenvalue weighted by molar-refractivity contribution is -0.895. The molecular formula is C20H25FN3O2+. The van der Waals surface area contributed by atoms with Crippen LogP contribution in [0.4, 0.5) is 10.1 Å². The number of carbonyl (C=O) groups is 2. The predicted molar refractivity (Wildman–Crippen MR) is 100 cm³/mol. The SMILES string of the molecule is CC[NH+](CC)CCNC(=O)c1ccc(NC(=O)c2cccc(F)c2)cc1. The quantitative estimate of drug-likeness (QED) is 0.673. The van der Waals surface area contributed by atoms with Gasteiger partial charge in [0.05, 0.1) is 26.2 Å². The zero-order chi connectivity index (χ0) is 18.9. The van der Waals surface area contributed by atoms with E-state index in [1.807, 2.05) is 0 Å². The topological polar surface area (TPSA) is 62.6 Å². The number of amides is 2. The van der Waals surface area contributed by atoms with E-state index in [-0.39, 0.29) is 11.5 Å². The molecule has 2 aromatic carbocycles. The number of likely N-dealkylation sites (N-methyl/N-ethyl adjacent to an activating group) is 1. The fourth-order valence-corrected chi connectivity index (χ4v) is 2.60. The van der Waals surface area contributed by atoms with E-state index in [0.717, 1.165) is 19.6 Å². The molecule has 6 heteroatoms. The second-order valence-corrected chi connectivity index (χ2v) is 6.00. The molecule has 138 valence electrons. The minimum atomic E-state index is -0.462. The van der Waals surface area contributed by atoms with E-state index < -0.39 is 11.7 Å². The molecule has 0 radical (unpaired) electrons. The zero-order valence-corrected chi connectivity index (χ0v) is 15.1. The van der Waals surface area contributed by atoms with Gasteiger partial charge in [0.2, 0.25) is 0 Å². The Morgan fingerprint density at radius 3 is 2.27 bits per heavy atom. The van der Waals surface area contributed by atoms with E-state index in [4.69, 9.17) is 0 Å². The molecule has 5 nitrogen and oxygen atoms in total. The van der Waals surface area contributed by atoms with Crippen molar-refractivity contribution in [2.45, 2.75) is 13.8 Å². The molecule has 0 aromatic heterocycles. The number of hydrogen-bond acceptors (Lipinski definition) is 2. The molecular weight excluding hydrogens is 333 g/mol. The summed E-state index contributed by atoms with van der Waals surface area (Å²) in [5, 5.41) is 5.59. The molecule has 26 heavy (non-hydrogen) atoms. The Morgan fingerprint density at radius 2 is 1.65 bits per heavy atom. The van der Waals surface area contributed by atoms with Gasteiger partial charge in [-0.2, -0.15) is 0 Å². The van der Waals surface area contributed by atoms with Gasteiger partial charge in [0.15, 0.2) is 0 Å². The Bertz CT molecular complexity index is 743. The van der Waals surface area contributed by atoms with Crippen molar-refractivity contribution in [3.05, 3.63) is 65.5 Å². The van der Waals surface area contributed by atoms with Crippen LogP contribution in [0.5, 0.6) is 0 Å². The van der Waals surface area contributed by atoms with Gasteiger partial charge >= 0.3 is 0 Å². The molecule has 0 aliphatic rings. The minimum absolute atomic E-state index is 0.139. The second-order valence-electron chi connectivity index (χ2n) is 6.00. The lowest BCUT2D eigenvalue weighted by Crippen LogP contribution is -3.12. The summed E-state index contributed by atoms with van der Waals surface area (Å²) in [5.41, 5.74) is 1.32. The van der Waals surface area contributed by atoms with Crippen LogP contribution in [-0.2, 0) is 0 Å². The molecule has 0 saturated carbocycles. The Hall–Kier alpha value is -2.73. The summed E-state index contributed by atoms with van der Waals surface area (Å²) >= 11 is 0. The van der Waals surface area contributed by atoms with E-state index >= 15 is 0 Å². The monoisotopic (exact) mass is 358 g/mol. The lowest BCUT2D eigenvalue weighted by atomic mass is 10.1. The Morgan fingerprint density at radius 1 is 0.962 bits per heavy atom. The third-order valence-electron chi connectivity index (χ3n) is 4.26. The van der Waals surface area contributed by atoms with Crippen LogP contribution in [0.3, 0.4) is 0 Å². The normalized spacial score (nSPS) is 10.6. The van der Waals surface area contributed by atoms with Crippen LogP contribution >= 0.6 is 0 Å². The Balaban J connectivity index is 1.89. The van der Waals surface area contributed by atoms with E-state index in [1.165, 1.54) is 29.2 Å². The van der Waals surface area contributed by atoms with Crippen LogP contribution in [0.15, 0.2) is 48.5 Å². The van der Waals surface area contributed by atoms with Gasteiger partial charge in [-0.25, -0.2) is 4.39 Å². The first kappa shape index (κ1) is 19.6. The number of halogens is 1. The highest BCUT2D eigenvalue weighted by atomic mass is 19.1. The van der Waals surface area contributed by atoms with Gasteiger partial charge in [0.1, 0.15) is 5.82 Å². The van der Waals surface area contributed by atoms with Gasteiger partial charge in [-0.1, -0.05) is 6.07 Å².